The summed E-state index contributed by atoms with van der Waals surface area (Å²) in [5.74, 6) is -9.62. The van der Waals surface area contributed by atoms with Crippen LogP contribution >= 0.6 is 0 Å². The zero-order valence-electron chi connectivity index (χ0n) is 28.5. The molecule has 0 aromatic heterocycles. The van der Waals surface area contributed by atoms with Gasteiger partial charge in [0.15, 0.2) is 34.5 Å². The fraction of sp³-hybridized carbons (Fsp3) is 0.0698. The van der Waals surface area contributed by atoms with Crippen LogP contribution in [0.1, 0.15) is 16.7 Å². The quantitative estimate of drug-likeness (QED) is 0.0479. The minimum Gasteiger partial charge on any atom is -0.507 e. The zero-order valence-corrected chi connectivity index (χ0v) is 28.5. The lowest BCUT2D eigenvalue weighted by molar-refractivity contribution is 0.350. The standard InChI is InChI=1S/C43H32O10/c1-17-18(2)25-28(37(47)41(51)40(50)33(25)34(44)19(17)3)30-32-31(38(48)42(52)43(53)39(32)49)29(35(45)36(30)46)27-23-15-9-7-13-21(23)26(20-11-5-4-6-12-20)22-14-8-10-16-24(22)27/h4-16,44-53H,1-3H3. The highest BCUT2D eigenvalue weighted by Crippen LogP contribution is 2.64. The number of phenols is 10. The Morgan fingerprint density at radius 1 is 0.264 bits per heavy atom. The average Bonchev–Trinajstić information content (AvgIpc) is 3.17. The SMILES string of the molecule is Cc1c(C)c(O)c2c(O)c(O)c(O)c(-c3c(O)c(O)c(-c4c5ccccc5c(-c5ccccc5)c5ccccc45)c4c(O)c(O)c(O)c(O)c34)c2c1C. The number of fused-ring (bicyclic) bond motifs is 4. The molecule has 0 heterocycles. The Bertz CT molecular complexity index is 2850. The molecule has 0 saturated carbocycles. The van der Waals surface area contributed by atoms with Crippen LogP contribution in [0.3, 0.4) is 0 Å². The van der Waals surface area contributed by atoms with Crippen LogP contribution in [0.2, 0.25) is 0 Å². The van der Waals surface area contributed by atoms with E-state index in [1.54, 1.807) is 45.0 Å². The van der Waals surface area contributed by atoms with Crippen LogP contribution in [0.5, 0.6) is 57.5 Å². The molecule has 0 amide bonds. The van der Waals surface area contributed by atoms with Crippen LogP contribution in [0.4, 0.5) is 0 Å². The Morgan fingerprint density at radius 2 is 0.623 bits per heavy atom. The summed E-state index contributed by atoms with van der Waals surface area (Å²) in [4.78, 5) is 0. The van der Waals surface area contributed by atoms with E-state index in [4.69, 9.17) is 0 Å². The highest BCUT2D eigenvalue weighted by molar-refractivity contribution is 6.28. The van der Waals surface area contributed by atoms with Crippen LogP contribution in [0.15, 0.2) is 78.9 Å². The molecule has 10 heteroatoms. The van der Waals surface area contributed by atoms with Gasteiger partial charge in [0.2, 0.25) is 17.2 Å². The molecule has 0 spiro atoms. The van der Waals surface area contributed by atoms with Crippen LogP contribution in [0.25, 0.3) is 76.5 Å². The fourth-order valence-corrected chi connectivity index (χ4v) is 7.85. The summed E-state index contributed by atoms with van der Waals surface area (Å²) in [7, 11) is 0. The molecule has 0 saturated heterocycles. The predicted octanol–water partition coefficient (Wildman–Crippen LogP) is 9.28. The van der Waals surface area contributed by atoms with Gasteiger partial charge in [0.1, 0.15) is 5.75 Å². The molecule has 53 heavy (non-hydrogen) atoms. The minimum absolute atomic E-state index is 0.0864. The van der Waals surface area contributed by atoms with E-state index in [1.807, 2.05) is 54.6 Å². The van der Waals surface area contributed by atoms with E-state index >= 15 is 0 Å². The Kier molecular flexibility index (Phi) is 7.10. The highest BCUT2D eigenvalue weighted by Gasteiger charge is 2.35. The van der Waals surface area contributed by atoms with E-state index in [9.17, 15) is 51.1 Å². The van der Waals surface area contributed by atoms with E-state index in [0.717, 1.165) is 21.9 Å². The van der Waals surface area contributed by atoms with Gasteiger partial charge in [-0.2, -0.15) is 0 Å². The van der Waals surface area contributed by atoms with Crippen molar-refractivity contribution in [2.45, 2.75) is 20.8 Å². The van der Waals surface area contributed by atoms with Crippen molar-refractivity contribution in [3.05, 3.63) is 95.6 Å². The fourth-order valence-electron chi connectivity index (χ4n) is 7.85. The smallest absolute Gasteiger partial charge is 0.204 e. The van der Waals surface area contributed by atoms with Crippen molar-refractivity contribution in [1.82, 2.24) is 0 Å². The number of phenolic OH excluding ortho intramolecular Hbond substituents is 10. The third-order valence-electron chi connectivity index (χ3n) is 10.6. The van der Waals surface area contributed by atoms with Gasteiger partial charge in [-0.15, -0.1) is 0 Å². The summed E-state index contributed by atoms with van der Waals surface area (Å²) in [6.45, 7) is 4.84. The Morgan fingerprint density at radius 3 is 1.11 bits per heavy atom. The number of benzene rings is 8. The summed E-state index contributed by atoms with van der Waals surface area (Å²) in [5.41, 5.74) is 1.94. The largest absolute Gasteiger partial charge is 0.507 e. The molecule has 10 nitrogen and oxygen atoms in total. The average molecular weight is 709 g/mol. The van der Waals surface area contributed by atoms with Crippen molar-refractivity contribution in [2.75, 3.05) is 0 Å². The number of aryl methyl sites for hydroxylation is 1. The molecule has 0 aliphatic carbocycles. The molecule has 8 aromatic carbocycles. The predicted molar refractivity (Wildman–Crippen MR) is 204 cm³/mol. The second kappa shape index (κ2) is 11.4. The van der Waals surface area contributed by atoms with Gasteiger partial charge in [0.05, 0.1) is 5.39 Å². The van der Waals surface area contributed by atoms with Crippen molar-refractivity contribution in [3.63, 3.8) is 0 Å². The molecule has 0 atom stereocenters. The maximum absolute atomic E-state index is 12.3. The molecular weight excluding hydrogens is 676 g/mol. The summed E-state index contributed by atoms with van der Waals surface area (Å²) in [5, 5.41) is 116. The van der Waals surface area contributed by atoms with E-state index in [0.29, 0.717) is 27.5 Å². The van der Waals surface area contributed by atoms with Crippen molar-refractivity contribution >= 4 is 43.1 Å². The Hall–Kier alpha value is -7.20. The third kappa shape index (κ3) is 4.26. The van der Waals surface area contributed by atoms with Crippen molar-refractivity contribution in [1.29, 1.82) is 0 Å². The normalized spacial score (nSPS) is 11.7. The van der Waals surface area contributed by atoms with Crippen LogP contribution in [-0.4, -0.2) is 51.1 Å². The Labute approximate surface area is 300 Å². The molecule has 0 radical (unpaired) electrons. The van der Waals surface area contributed by atoms with Gasteiger partial charge in [-0.25, -0.2) is 0 Å². The van der Waals surface area contributed by atoms with E-state index in [2.05, 4.69) is 0 Å². The highest BCUT2D eigenvalue weighted by atomic mass is 16.3. The monoisotopic (exact) mass is 708 g/mol. The molecule has 0 unspecified atom stereocenters. The van der Waals surface area contributed by atoms with Crippen molar-refractivity contribution in [3.8, 4) is 90.9 Å². The summed E-state index contributed by atoms with van der Waals surface area (Å²) < 4.78 is 0. The Balaban J connectivity index is 1.66. The molecule has 0 aliphatic heterocycles. The maximum Gasteiger partial charge on any atom is 0.204 e. The van der Waals surface area contributed by atoms with Crippen LogP contribution in [0, 0.1) is 20.8 Å². The molecule has 10 N–H and O–H groups in total. The number of hydrogen-bond donors (Lipinski definition) is 10. The summed E-state index contributed by atoms with van der Waals surface area (Å²) >= 11 is 0. The third-order valence-corrected chi connectivity index (χ3v) is 10.6. The van der Waals surface area contributed by atoms with Gasteiger partial charge in [-0.1, -0.05) is 78.9 Å². The topological polar surface area (TPSA) is 202 Å². The van der Waals surface area contributed by atoms with Gasteiger partial charge in [0, 0.05) is 38.4 Å². The van der Waals surface area contributed by atoms with Crippen LogP contribution in [-0.2, 0) is 0 Å². The first-order valence-electron chi connectivity index (χ1n) is 16.6. The van der Waals surface area contributed by atoms with Crippen molar-refractivity contribution in [2.24, 2.45) is 0 Å². The molecule has 0 bridgehead atoms. The lowest BCUT2D eigenvalue weighted by atomic mass is 9.81. The maximum atomic E-state index is 12.3. The van der Waals surface area contributed by atoms with Gasteiger partial charge in [-0.3, -0.25) is 0 Å². The van der Waals surface area contributed by atoms with Gasteiger partial charge < -0.3 is 51.1 Å². The zero-order chi connectivity index (χ0) is 37.8. The lowest BCUT2D eigenvalue weighted by Gasteiger charge is -2.24. The summed E-state index contributed by atoms with van der Waals surface area (Å²) in [6, 6.07) is 24.2. The number of rotatable bonds is 3. The first kappa shape index (κ1) is 33.0. The second-order valence-electron chi connectivity index (χ2n) is 13.2. The van der Waals surface area contributed by atoms with Crippen molar-refractivity contribution < 1.29 is 51.1 Å². The van der Waals surface area contributed by atoms with Gasteiger partial charge >= 0.3 is 0 Å². The van der Waals surface area contributed by atoms with Gasteiger partial charge in [0.25, 0.3) is 0 Å². The number of hydrogen-bond acceptors (Lipinski definition) is 10. The molecule has 264 valence electrons. The van der Waals surface area contributed by atoms with E-state index < -0.39 is 79.4 Å². The molecule has 8 aromatic rings. The molecule has 0 aliphatic rings. The minimum atomic E-state index is -1.18. The second-order valence-corrected chi connectivity index (χ2v) is 13.2. The molecular formula is C43H32O10. The first-order valence-corrected chi connectivity index (χ1v) is 16.6. The molecule has 0 fully saturated rings. The van der Waals surface area contributed by atoms with E-state index in [-0.39, 0.29) is 21.9 Å². The summed E-state index contributed by atoms with van der Waals surface area (Å²) in [6.07, 6.45) is 0. The first-order chi connectivity index (χ1) is 25.3. The van der Waals surface area contributed by atoms with Crippen LogP contribution < -0.4 is 0 Å². The number of aromatic hydroxyl groups is 10. The lowest BCUT2D eigenvalue weighted by Crippen LogP contribution is -1.98. The van der Waals surface area contributed by atoms with Gasteiger partial charge in [-0.05, 0) is 70.1 Å². The van der Waals surface area contributed by atoms with E-state index in [1.165, 1.54) is 0 Å². The molecule has 8 rings (SSSR count).